The predicted molar refractivity (Wildman–Crippen MR) is 97.6 cm³/mol. The highest BCUT2D eigenvalue weighted by Gasteiger charge is 2.28. The molecule has 0 spiro atoms. The zero-order chi connectivity index (χ0) is 17.9. The number of rotatable bonds is 3. The second-order valence-electron chi connectivity index (χ2n) is 6.56. The van der Waals surface area contributed by atoms with E-state index in [1.54, 1.807) is 23.0 Å². The van der Waals surface area contributed by atoms with E-state index in [1.165, 1.54) is 12.1 Å². The summed E-state index contributed by atoms with van der Waals surface area (Å²) in [6.07, 6.45) is 6.52. The lowest BCUT2D eigenvalue weighted by Crippen LogP contribution is -2.38. The molecule has 1 fully saturated rings. The molecule has 1 atom stereocenters. The number of aromatic nitrogens is 2. The monoisotopic (exact) mass is 349 g/mol. The molecule has 1 saturated heterocycles. The maximum Gasteiger partial charge on any atom is 0.254 e. The van der Waals surface area contributed by atoms with Gasteiger partial charge in [0.1, 0.15) is 5.82 Å². The fourth-order valence-corrected chi connectivity index (χ4v) is 3.57. The highest BCUT2D eigenvalue weighted by molar-refractivity contribution is 5.95. The number of carbonyl (C=O) groups is 1. The minimum Gasteiger partial charge on any atom is -0.332 e. The Kier molecular flexibility index (Phi) is 4.52. The number of likely N-dealkylation sites (tertiary alicyclic amines) is 1. The summed E-state index contributed by atoms with van der Waals surface area (Å²) in [6.45, 7) is 0.715. The molecule has 5 heteroatoms. The Balaban J connectivity index is 1.63. The minimum absolute atomic E-state index is 0.00744. The second kappa shape index (κ2) is 7.12. The number of amides is 1. The first kappa shape index (κ1) is 16.5. The molecule has 26 heavy (non-hydrogen) atoms. The topological polar surface area (TPSA) is 38.1 Å². The lowest BCUT2D eigenvalue weighted by molar-refractivity contribution is 0.0611. The van der Waals surface area contributed by atoms with Gasteiger partial charge in [0.2, 0.25) is 0 Å². The smallest absolute Gasteiger partial charge is 0.254 e. The van der Waals surface area contributed by atoms with Gasteiger partial charge in [-0.1, -0.05) is 18.2 Å². The molecule has 2 aromatic carbocycles. The average molecular weight is 349 g/mol. The Morgan fingerprint density at radius 2 is 1.92 bits per heavy atom. The largest absolute Gasteiger partial charge is 0.332 e. The van der Waals surface area contributed by atoms with E-state index < -0.39 is 0 Å². The van der Waals surface area contributed by atoms with Gasteiger partial charge in [-0.2, -0.15) is 5.10 Å². The molecule has 4 nitrogen and oxygen atoms in total. The van der Waals surface area contributed by atoms with Gasteiger partial charge in [0.25, 0.3) is 5.91 Å². The minimum atomic E-state index is -0.255. The molecule has 1 amide bonds. The summed E-state index contributed by atoms with van der Waals surface area (Å²) in [5, 5.41) is 4.23. The van der Waals surface area contributed by atoms with Crippen LogP contribution in [0.5, 0.6) is 0 Å². The number of benzene rings is 2. The van der Waals surface area contributed by atoms with Gasteiger partial charge < -0.3 is 4.90 Å². The van der Waals surface area contributed by atoms with Crippen LogP contribution < -0.4 is 0 Å². The molecule has 0 N–H and O–H groups in total. The molecule has 1 aromatic heterocycles. The number of halogens is 1. The molecule has 3 aromatic rings. The third-order valence-corrected chi connectivity index (χ3v) is 4.88. The zero-order valence-electron chi connectivity index (χ0n) is 14.4. The van der Waals surface area contributed by atoms with E-state index in [9.17, 15) is 9.18 Å². The van der Waals surface area contributed by atoms with Crippen molar-refractivity contribution >= 4 is 5.91 Å². The fourth-order valence-electron chi connectivity index (χ4n) is 3.57. The van der Waals surface area contributed by atoms with E-state index >= 15 is 0 Å². The molecule has 1 aliphatic heterocycles. The van der Waals surface area contributed by atoms with Gasteiger partial charge in [-0.15, -0.1) is 0 Å². The van der Waals surface area contributed by atoms with Crippen molar-refractivity contribution in [2.75, 3.05) is 6.54 Å². The van der Waals surface area contributed by atoms with Crippen molar-refractivity contribution < 1.29 is 9.18 Å². The third-order valence-electron chi connectivity index (χ3n) is 4.88. The van der Waals surface area contributed by atoms with Gasteiger partial charge in [-0.25, -0.2) is 9.07 Å². The van der Waals surface area contributed by atoms with E-state index in [0.717, 1.165) is 30.5 Å². The maximum atomic E-state index is 13.3. The summed E-state index contributed by atoms with van der Waals surface area (Å²) >= 11 is 0. The summed E-state index contributed by atoms with van der Waals surface area (Å²) in [5.41, 5.74) is 2.49. The standard InChI is InChI=1S/C21H20FN3O/c22-18-10-8-16(9-11-18)20-7-1-2-13-24(20)21(26)17-5-3-6-19(15-17)25-14-4-12-23-25/h3-6,8-12,14-15,20H,1-2,7,13H2/t20-/m0/s1. The van der Waals surface area contributed by atoms with Crippen molar-refractivity contribution in [2.24, 2.45) is 0 Å². The number of carbonyl (C=O) groups excluding carboxylic acids is 1. The van der Waals surface area contributed by atoms with Crippen molar-refractivity contribution in [2.45, 2.75) is 25.3 Å². The van der Waals surface area contributed by atoms with Crippen molar-refractivity contribution in [1.82, 2.24) is 14.7 Å². The van der Waals surface area contributed by atoms with Gasteiger partial charge in [0.05, 0.1) is 11.7 Å². The molecule has 0 bridgehead atoms. The summed E-state index contributed by atoms with van der Waals surface area (Å²) in [5.74, 6) is -0.248. The third kappa shape index (κ3) is 3.25. The molecular formula is C21H20FN3O. The molecule has 132 valence electrons. The van der Waals surface area contributed by atoms with Gasteiger partial charge in [-0.3, -0.25) is 4.79 Å². The quantitative estimate of drug-likeness (QED) is 0.704. The Labute approximate surface area is 151 Å². The highest BCUT2D eigenvalue weighted by Crippen LogP contribution is 2.32. The lowest BCUT2D eigenvalue weighted by Gasteiger charge is -2.36. The van der Waals surface area contributed by atoms with Crippen LogP contribution in [0.25, 0.3) is 5.69 Å². The predicted octanol–water partition coefficient (Wildman–Crippen LogP) is 4.38. The van der Waals surface area contributed by atoms with Crippen LogP contribution in [0.15, 0.2) is 67.0 Å². The summed E-state index contributed by atoms with van der Waals surface area (Å²) in [7, 11) is 0. The summed E-state index contributed by atoms with van der Waals surface area (Å²) < 4.78 is 15.0. The Hall–Kier alpha value is -2.95. The molecule has 1 aliphatic rings. The number of hydrogen-bond acceptors (Lipinski definition) is 2. The number of nitrogens with zero attached hydrogens (tertiary/aromatic N) is 3. The van der Waals surface area contributed by atoms with Crippen LogP contribution in [-0.4, -0.2) is 27.1 Å². The van der Waals surface area contributed by atoms with Gasteiger partial charge in [0, 0.05) is 24.5 Å². The van der Waals surface area contributed by atoms with Crippen LogP contribution in [0.2, 0.25) is 0 Å². The van der Waals surface area contributed by atoms with Crippen molar-refractivity contribution in [3.8, 4) is 5.69 Å². The Morgan fingerprint density at radius 3 is 2.69 bits per heavy atom. The Morgan fingerprint density at radius 1 is 1.08 bits per heavy atom. The van der Waals surface area contributed by atoms with Crippen LogP contribution in [0.4, 0.5) is 4.39 Å². The molecule has 4 rings (SSSR count). The van der Waals surface area contributed by atoms with Crippen molar-refractivity contribution in [3.05, 3.63) is 83.9 Å². The second-order valence-corrected chi connectivity index (χ2v) is 6.56. The zero-order valence-corrected chi connectivity index (χ0v) is 14.4. The van der Waals surface area contributed by atoms with Crippen molar-refractivity contribution in [1.29, 1.82) is 0 Å². The SMILES string of the molecule is O=C(c1cccc(-n2cccn2)c1)N1CCCC[C@H]1c1ccc(F)cc1. The molecule has 0 aliphatic carbocycles. The van der Waals surface area contributed by atoms with Crippen LogP contribution in [-0.2, 0) is 0 Å². The maximum absolute atomic E-state index is 13.3. The van der Waals surface area contributed by atoms with Gasteiger partial charge in [0.15, 0.2) is 0 Å². The van der Waals surface area contributed by atoms with Crippen molar-refractivity contribution in [3.63, 3.8) is 0 Å². The first-order valence-corrected chi connectivity index (χ1v) is 8.89. The first-order valence-electron chi connectivity index (χ1n) is 8.89. The molecular weight excluding hydrogens is 329 g/mol. The van der Waals surface area contributed by atoms with E-state index in [1.807, 2.05) is 41.4 Å². The lowest BCUT2D eigenvalue weighted by atomic mass is 9.94. The molecule has 0 radical (unpaired) electrons. The summed E-state index contributed by atoms with van der Waals surface area (Å²) in [6, 6.07) is 15.8. The van der Waals surface area contributed by atoms with Crippen LogP contribution in [0.1, 0.15) is 41.2 Å². The Bertz CT molecular complexity index is 890. The van der Waals surface area contributed by atoms with Crippen LogP contribution in [0.3, 0.4) is 0 Å². The fraction of sp³-hybridized carbons (Fsp3) is 0.238. The highest BCUT2D eigenvalue weighted by atomic mass is 19.1. The molecule has 0 saturated carbocycles. The van der Waals surface area contributed by atoms with Crippen LogP contribution in [0, 0.1) is 5.82 Å². The first-order chi connectivity index (χ1) is 12.7. The van der Waals surface area contributed by atoms with Gasteiger partial charge in [-0.05, 0) is 61.2 Å². The molecule has 0 unspecified atom stereocenters. The molecule has 2 heterocycles. The van der Waals surface area contributed by atoms with E-state index in [0.29, 0.717) is 12.1 Å². The van der Waals surface area contributed by atoms with E-state index in [-0.39, 0.29) is 17.8 Å². The normalized spacial score (nSPS) is 17.3. The average Bonchev–Trinajstić information content (AvgIpc) is 3.23. The van der Waals surface area contributed by atoms with E-state index in [2.05, 4.69) is 5.10 Å². The van der Waals surface area contributed by atoms with Crippen LogP contribution >= 0.6 is 0 Å². The summed E-state index contributed by atoms with van der Waals surface area (Å²) in [4.78, 5) is 15.1. The number of hydrogen-bond donors (Lipinski definition) is 0. The van der Waals surface area contributed by atoms with Gasteiger partial charge >= 0.3 is 0 Å². The number of piperidine rings is 1. The van der Waals surface area contributed by atoms with E-state index in [4.69, 9.17) is 0 Å².